The summed E-state index contributed by atoms with van der Waals surface area (Å²) in [5.41, 5.74) is 2.34. The molecule has 3 nitrogen and oxygen atoms in total. The van der Waals surface area contributed by atoms with Crippen LogP contribution in [0.2, 0.25) is 0 Å². The second-order valence-electron chi connectivity index (χ2n) is 6.63. The number of rotatable bonds is 4. The Morgan fingerprint density at radius 2 is 2.04 bits per heavy atom. The molecule has 1 amide bonds. The highest BCUT2D eigenvalue weighted by Gasteiger charge is 2.33. The largest absolute Gasteiger partial charge is 0.330 e. The molecule has 1 aromatic carbocycles. The van der Waals surface area contributed by atoms with E-state index in [-0.39, 0.29) is 11.9 Å². The Labute approximate surface area is 169 Å². The number of fused-ring (bicyclic) bond motifs is 2. The van der Waals surface area contributed by atoms with E-state index >= 15 is 0 Å². The lowest BCUT2D eigenvalue weighted by Gasteiger charge is -2.35. The summed E-state index contributed by atoms with van der Waals surface area (Å²) < 4.78 is 1.19. The third-order valence-corrected chi connectivity index (χ3v) is 8.01. The lowest BCUT2D eigenvalue weighted by Crippen LogP contribution is -2.39. The van der Waals surface area contributed by atoms with E-state index in [9.17, 15) is 4.79 Å². The van der Waals surface area contributed by atoms with Gasteiger partial charge in [0.2, 0.25) is 5.91 Å². The molecule has 1 aliphatic heterocycles. The van der Waals surface area contributed by atoms with Gasteiger partial charge in [-0.15, -0.1) is 34.0 Å². The molecule has 1 aliphatic rings. The van der Waals surface area contributed by atoms with Gasteiger partial charge < -0.3 is 4.90 Å². The maximum Gasteiger partial charge on any atom is 0.223 e. The molecule has 0 fully saturated rings. The Balaban J connectivity index is 1.37. The number of nitrogens with zero attached hydrogens (tertiary/aromatic N) is 2. The Bertz CT molecular complexity index is 1050. The molecule has 0 aliphatic carbocycles. The molecule has 0 unspecified atom stereocenters. The van der Waals surface area contributed by atoms with Crippen molar-refractivity contribution in [1.82, 2.24) is 9.88 Å². The van der Waals surface area contributed by atoms with Gasteiger partial charge in [0.05, 0.1) is 21.3 Å². The lowest BCUT2D eigenvalue weighted by molar-refractivity contribution is -0.133. The number of amides is 1. The van der Waals surface area contributed by atoms with Crippen molar-refractivity contribution in [2.75, 3.05) is 6.54 Å². The second kappa shape index (κ2) is 7.19. The first-order valence-corrected chi connectivity index (χ1v) is 11.6. The van der Waals surface area contributed by atoms with Gasteiger partial charge in [0, 0.05) is 29.1 Å². The SMILES string of the molecule is O=C(CCc1nc2ccccc2s1)N1CCc2sccc2[C@H]1c1cccs1. The number of aromatic nitrogens is 1. The minimum Gasteiger partial charge on any atom is -0.330 e. The van der Waals surface area contributed by atoms with Crippen LogP contribution in [-0.4, -0.2) is 22.3 Å². The van der Waals surface area contributed by atoms with E-state index in [4.69, 9.17) is 0 Å². The lowest BCUT2D eigenvalue weighted by atomic mass is 9.98. The summed E-state index contributed by atoms with van der Waals surface area (Å²) in [5.74, 6) is 0.226. The number of thiophene rings is 2. The summed E-state index contributed by atoms with van der Waals surface area (Å²) in [5, 5.41) is 5.30. The van der Waals surface area contributed by atoms with Crippen LogP contribution >= 0.6 is 34.0 Å². The molecule has 5 rings (SSSR count). The van der Waals surface area contributed by atoms with Crippen LogP contribution in [0.5, 0.6) is 0 Å². The number of hydrogen-bond donors (Lipinski definition) is 0. The zero-order chi connectivity index (χ0) is 18.2. The van der Waals surface area contributed by atoms with Gasteiger partial charge in [0.1, 0.15) is 0 Å². The van der Waals surface area contributed by atoms with Gasteiger partial charge in [-0.2, -0.15) is 0 Å². The van der Waals surface area contributed by atoms with Gasteiger partial charge in [-0.1, -0.05) is 18.2 Å². The van der Waals surface area contributed by atoms with Crippen molar-refractivity contribution in [2.24, 2.45) is 0 Å². The van der Waals surface area contributed by atoms with Crippen LogP contribution in [0.25, 0.3) is 10.2 Å². The molecule has 6 heteroatoms. The van der Waals surface area contributed by atoms with Crippen molar-refractivity contribution in [3.63, 3.8) is 0 Å². The predicted octanol–water partition coefficient (Wildman–Crippen LogP) is 5.53. The first-order valence-electron chi connectivity index (χ1n) is 9.03. The van der Waals surface area contributed by atoms with E-state index in [1.54, 1.807) is 22.7 Å². The minimum atomic E-state index is 0.0721. The van der Waals surface area contributed by atoms with Gasteiger partial charge >= 0.3 is 0 Å². The molecule has 0 saturated heterocycles. The number of carbonyl (C=O) groups excluding carboxylic acids is 1. The molecule has 136 valence electrons. The quantitative estimate of drug-likeness (QED) is 0.443. The van der Waals surface area contributed by atoms with Crippen LogP contribution < -0.4 is 0 Å². The van der Waals surface area contributed by atoms with Gasteiger partial charge in [-0.3, -0.25) is 4.79 Å². The molecule has 0 N–H and O–H groups in total. The van der Waals surface area contributed by atoms with Crippen LogP contribution in [0.15, 0.2) is 53.2 Å². The highest BCUT2D eigenvalue weighted by Crippen LogP contribution is 2.39. The third kappa shape index (κ3) is 3.22. The molecule has 0 radical (unpaired) electrons. The van der Waals surface area contributed by atoms with Crippen LogP contribution in [-0.2, 0) is 17.6 Å². The Kier molecular flexibility index (Phi) is 4.55. The fraction of sp³-hybridized carbons (Fsp3) is 0.238. The van der Waals surface area contributed by atoms with Gasteiger partial charge in [-0.25, -0.2) is 4.98 Å². The number of aryl methyl sites for hydroxylation is 1. The predicted molar refractivity (Wildman–Crippen MR) is 114 cm³/mol. The van der Waals surface area contributed by atoms with E-state index in [1.807, 2.05) is 29.5 Å². The van der Waals surface area contributed by atoms with Crippen LogP contribution in [0.3, 0.4) is 0 Å². The van der Waals surface area contributed by atoms with Crippen LogP contribution in [0, 0.1) is 0 Å². The van der Waals surface area contributed by atoms with Crippen LogP contribution in [0.1, 0.15) is 32.8 Å². The summed E-state index contributed by atoms with van der Waals surface area (Å²) in [4.78, 5) is 22.6. The van der Waals surface area contributed by atoms with E-state index in [0.717, 1.165) is 23.5 Å². The standard InChI is InChI=1S/C21H18N2OS3/c24-20(8-7-19-22-15-4-1-2-5-17(15)27-19)23-11-9-16-14(10-13-26-16)21(23)18-6-3-12-25-18/h1-6,10,12-13,21H,7-9,11H2/t21-/m0/s1. The van der Waals surface area contributed by atoms with Crippen molar-refractivity contribution >= 4 is 50.1 Å². The smallest absolute Gasteiger partial charge is 0.223 e. The number of hydrogen-bond acceptors (Lipinski definition) is 5. The van der Waals surface area contributed by atoms with E-state index in [1.165, 1.54) is 20.0 Å². The topological polar surface area (TPSA) is 33.2 Å². The number of thiazole rings is 1. The Morgan fingerprint density at radius 1 is 1.11 bits per heavy atom. The molecule has 0 spiro atoms. The summed E-state index contributed by atoms with van der Waals surface area (Å²) in [6.07, 6.45) is 2.19. The molecule has 1 atom stereocenters. The molecule has 27 heavy (non-hydrogen) atoms. The molecule has 0 bridgehead atoms. The highest BCUT2D eigenvalue weighted by atomic mass is 32.1. The fourth-order valence-corrected chi connectivity index (χ4v) is 6.45. The van der Waals surface area contributed by atoms with E-state index in [0.29, 0.717) is 12.8 Å². The maximum atomic E-state index is 13.1. The summed E-state index contributed by atoms with van der Waals surface area (Å²) in [7, 11) is 0. The van der Waals surface area contributed by atoms with Crippen molar-refractivity contribution in [3.05, 3.63) is 73.6 Å². The van der Waals surface area contributed by atoms with Gasteiger partial charge in [0.15, 0.2) is 0 Å². The fourth-order valence-electron chi connectivity index (χ4n) is 3.72. The normalized spacial score (nSPS) is 16.6. The van der Waals surface area contributed by atoms with Gasteiger partial charge in [0.25, 0.3) is 0 Å². The average Bonchev–Trinajstić information content (AvgIpc) is 3.45. The molecule has 4 aromatic rings. The Hall–Kier alpha value is -2.02. The van der Waals surface area contributed by atoms with Crippen LogP contribution in [0.4, 0.5) is 0 Å². The number of benzene rings is 1. The van der Waals surface area contributed by atoms with Crippen molar-refractivity contribution < 1.29 is 4.79 Å². The van der Waals surface area contributed by atoms with Crippen molar-refractivity contribution in [3.8, 4) is 0 Å². The van der Waals surface area contributed by atoms with Crippen molar-refractivity contribution in [1.29, 1.82) is 0 Å². The second-order valence-corrected chi connectivity index (χ2v) is 9.72. The average molecular weight is 411 g/mol. The Morgan fingerprint density at radius 3 is 2.89 bits per heavy atom. The summed E-state index contributed by atoms with van der Waals surface area (Å²) >= 11 is 5.24. The molecular weight excluding hydrogens is 392 g/mol. The highest BCUT2D eigenvalue weighted by molar-refractivity contribution is 7.18. The number of carbonyl (C=O) groups is 1. The first kappa shape index (κ1) is 17.1. The molecule has 4 heterocycles. The summed E-state index contributed by atoms with van der Waals surface area (Å²) in [6, 6.07) is 14.7. The molecule has 3 aromatic heterocycles. The number of para-hydroxylation sites is 1. The van der Waals surface area contributed by atoms with Gasteiger partial charge in [-0.05, 0) is 47.0 Å². The maximum absolute atomic E-state index is 13.1. The summed E-state index contributed by atoms with van der Waals surface area (Å²) in [6.45, 7) is 0.800. The molecule has 0 saturated carbocycles. The van der Waals surface area contributed by atoms with E-state index in [2.05, 4.69) is 44.9 Å². The first-order chi connectivity index (χ1) is 13.3. The van der Waals surface area contributed by atoms with E-state index < -0.39 is 0 Å². The minimum absolute atomic E-state index is 0.0721. The zero-order valence-electron chi connectivity index (χ0n) is 14.6. The van der Waals surface area contributed by atoms with Crippen molar-refractivity contribution in [2.45, 2.75) is 25.3 Å². The monoisotopic (exact) mass is 410 g/mol. The molecular formula is C21H18N2OS3. The zero-order valence-corrected chi connectivity index (χ0v) is 17.1. The third-order valence-electron chi connectivity index (χ3n) is 4.99.